The first-order chi connectivity index (χ1) is 16.0. The third-order valence-electron chi connectivity index (χ3n) is 6.65. The zero-order valence-electron chi connectivity index (χ0n) is 21.5. The van der Waals surface area contributed by atoms with Gasteiger partial charge in [-0.05, 0) is 48.3 Å². The minimum Gasteiger partial charge on any atom is -0.455 e. The van der Waals surface area contributed by atoms with Crippen molar-refractivity contribution in [3.05, 3.63) is 60.2 Å². The second-order valence-electron chi connectivity index (χ2n) is 10.2. The van der Waals surface area contributed by atoms with E-state index in [9.17, 15) is 4.79 Å². The molecule has 1 N–H and O–H groups in total. The number of benzene rings is 2. The van der Waals surface area contributed by atoms with Crippen molar-refractivity contribution >= 4 is 36.8 Å². The number of nitrogens with one attached hydrogen (secondary N) is 1. The average molecular weight is 499 g/mol. The zero-order valence-corrected chi connectivity index (χ0v) is 23.3. The van der Waals surface area contributed by atoms with Gasteiger partial charge in [0, 0.05) is 23.3 Å². The number of hydrogen-bond acceptors (Lipinski definition) is 5. The SMILES string of the molecule is CCc1nc(C(=O)O[C@H](CCSc2cccc3ccccc23)[C@H](C)O[Si](C)(C)C(C)(C)C)c[nH]1. The number of ether oxygens (including phenoxy) is 1. The van der Waals surface area contributed by atoms with E-state index in [1.807, 2.05) is 13.8 Å². The number of imidazole rings is 1. The van der Waals surface area contributed by atoms with Crippen molar-refractivity contribution < 1.29 is 14.0 Å². The molecule has 0 aliphatic carbocycles. The molecule has 184 valence electrons. The van der Waals surface area contributed by atoms with Crippen LogP contribution in [0.25, 0.3) is 10.8 Å². The van der Waals surface area contributed by atoms with Gasteiger partial charge in [0.2, 0.25) is 0 Å². The molecule has 0 spiro atoms. The molecule has 0 unspecified atom stereocenters. The Kier molecular flexibility index (Phi) is 8.65. The van der Waals surface area contributed by atoms with Gasteiger partial charge in [0.25, 0.3) is 0 Å². The van der Waals surface area contributed by atoms with E-state index in [2.05, 4.69) is 86.3 Å². The van der Waals surface area contributed by atoms with E-state index >= 15 is 0 Å². The summed E-state index contributed by atoms with van der Waals surface area (Å²) in [5.41, 5.74) is 0.322. The number of carbonyl (C=O) groups is 1. The average Bonchev–Trinajstić information content (AvgIpc) is 3.27. The van der Waals surface area contributed by atoms with Crippen molar-refractivity contribution in [2.45, 2.75) is 82.7 Å². The van der Waals surface area contributed by atoms with Gasteiger partial charge in [-0.3, -0.25) is 0 Å². The number of aromatic amines is 1. The summed E-state index contributed by atoms with van der Waals surface area (Å²) in [5.74, 6) is 1.19. The van der Waals surface area contributed by atoms with Crippen molar-refractivity contribution in [2.75, 3.05) is 5.75 Å². The lowest BCUT2D eigenvalue weighted by atomic mass is 10.1. The largest absolute Gasteiger partial charge is 0.455 e. The molecule has 1 heterocycles. The molecule has 0 amide bonds. The number of nitrogens with zero attached hydrogens (tertiary/aromatic N) is 1. The van der Waals surface area contributed by atoms with Gasteiger partial charge in [-0.15, -0.1) is 11.8 Å². The molecule has 0 bridgehead atoms. The number of hydrogen-bond donors (Lipinski definition) is 1. The minimum absolute atomic E-state index is 0.0751. The van der Waals surface area contributed by atoms with E-state index in [1.165, 1.54) is 15.7 Å². The van der Waals surface area contributed by atoms with Gasteiger partial charge < -0.3 is 14.1 Å². The summed E-state index contributed by atoms with van der Waals surface area (Å²) in [6.45, 7) is 15.2. The Morgan fingerprint density at radius 2 is 1.85 bits per heavy atom. The number of carbonyl (C=O) groups excluding carboxylic acids is 1. The Morgan fingerprint density at radius 3 is 2.53 bits per heavy atom. The fourth-order valence-corrected chi connectivity index (χ4v) is 6.08. The molecule has 7 heteroatoms. The molecule has 0 saturated heterocycles. The third kappa shape index (κ3) is 6.52. The molecule has 0 aliphatic heterocycles. The zero-order chi connectivity index (χ0) is 24.9. The van der Waals surface area contributed by atoms with Crippen LogP contribution in [-0.2, 0) is 15.6 Å². The van der Waals surface area contributed by atoms with Crippen LogP contribution in [0.5, 0.6) is 0 Å². The highest BCUT2D eigenvalue weighted by Crippen LogP contribution is 2.38. The normalized spacial score (nSPS) is 14.2. The summed E-state index contributed by atoms with van der Waals surface area (Å²) < 4.78 is 12.6. The lowest BCUT2D eigenvalue weighted by Crippen LogP contribution is -2.47. The van der Waals surface area contributed by atoms with Gasteiger partial charge in [-0.2, -0.15) is 0 Å². The molecule has 5 nitrogen and oxygen atoms in total. The summed E-state index contributed by atoms with van der Waals surface area (Å²) in [6.07, 6.45) is 2.50. The molecule has 2 atom stereocenters. The summed E-state index contributed by atoms with van der Waals surface area (Å²) in [6, 6.07) is 14.8. The Labute approximate surface area is 209 Å². The molecule has 0 aliphatic rings. The number of thioether (sulfide) groups is 1. The van der Waals surface area contributed by atoms with Gasteiger partial charge in [0.1, 0.15) is 11.9 Å². The van der Waals surface area contributed by atoms with Crippen LogP contribution in [0.1, 0.15) is 57.4 Å². The Bertz CT molecular complexity index is 1100. The van der Waals surface area contributed by atoms with Crippen molar-refractivity contribution in [1.82, 2.24) is 9.97 Å². The highest BCUT2D eigenvalue weighted by Gasteiger charge is 2.40. The Morgan fingerprint density at radius 1 is 1.15 bits per heavy atom. The van der Waals surface area contributed by atoms with E-state index < -0.39 is 14.3 Å². The molecule has 0 radical (unpaired) electrons. The molecule has 2 aromatic carbocycles. The molecule has 0 fully saturated rings. The maximum absolute atomic E-state index is 12.9. The highest BCUT2D eigenvalue weighted by molar-refractivity contribution is 7.99. The number of esters is 1. The van der Waals surface area contributed by atoms with Crippen molar-refractivity contribution in [3.63, 3.8) is 0 Å². The Hall–Kier alpha value is -2.09. The molecule has 3 aromatic rings. The molecular weight excluding hydrogens is 460 g/mol. The monoisotopic (exact) mass is 498 g/mol. The second-order valence-corrected chi connectivity index (χ2v) is 16.1. The van der Waals surface area contributed by atoms with Crippen LogP contribution in [0.3, 0.4) is 0 Å². The Balaban J connectivity index is 1.74. The van der Waals surface area contributed by atoms with Gasteiger partial charge in [-0.25, -0.2) is 9.78 Å². The van der Waals surface area contributed by atoms with Gasteiger partial charge in [0.15, 0.2) is 14.0 Å². The first kappa shape index (κ1) is 26.5. The molecule has 1 aromatic heterocycles. The number of aromatic nitrogens is 2. The second kappa shape index (κ2) is 11.1. The number of H-pyrrole nitrogens is 1. The molecule has 34 heavy (non-hydrogen) atoms. The van der Waals surface area contributed by atoms with Gasteiger partial charge in [-0.1, -0.05) is 64.1 Å². The van der Waals surface area contributed by atoms with Crippen LogP contribution in [0.4, 0.5) is 0 Å². The summed E-state index contributed by atoms with van der Waals surface area (Å²) in [5, 5.41) is 2.55. The van der Waals surface area contributed by atoms with Crippen LogP contribution in [-0.4, -0.2) is 42.2 Å². The number of fused-ring (bicyclic) bond motifs is 1. The predicted octanol–water partition coefficient (Wildman–Crippen LogP) is 7.24. The standard InChI is InChI=1S/C27H38N2O3SSi/c1-8-25-28-18-22(29-25)26(30)31-23(19(2)32-34(6,7)27(3,4)5)16-17-33-24-15-11-13-20-12-9-10-14-21(20)24/h9-15,18-19,23H,8,16-17H2,1-7H3,(H,28,29)/t19-,23+/m0/s1. The van der Waals surface area contributed by atoms with Gasteiger partial charge >= 0.3 is 5.97 Å². The number of aryl methyl sites for hydroxylation is 1. The van der Waals surface area contributed by atoms with E-state index in [-0.39, 0.29) is 17.2 Å². The van der Waals surface area contributed by atoms with Crippen LogP contribution in [0.2, 0.25) is 18.1 Å². The predicted molar refractivity (Wildman–Crippen MR) is 144 cm³/mol. The van der Waals surface area contributed by atoms with Crippen LogP contribution in [0, 0.1) is 0 Å². The summed E-state index contributed by atoms with van der Waals surface area (Å²) in [7, 11) is -2.02. The fraction of sp³-hybridized carbons (Fsp3) is 0.481. The molecule has 0 saturated carbocycles. The van der Waals surface area contributed by atoms with Crippen LogP contribution < -0.4 is 0 Å². The van der Waals surface area contributed by atoms with E-state index in [4.69, 9.17) is 9.16 Å². The first-order valence-electron chi connectivity index (χ1n) is 12.1. The van der Waals surface area contributed by atoms with Gasteiger partial charge in [0.05, 0.1) is 6.10 Å². The van der Waals surface area contributed by atoms with E-state index in [0.29, 0.717) is 12.1 Å². The maximum Gasteiger partial charge on any atom is 0.358 e. The van der Waals surface area contributed by atoms with E-state index in [0.717, 1.165) is 18.0 Å². The van der Waals surface area contributed by atoms with Crippen LogP contribution >= 0.6 is 11.8 Å². The highest BCUT2D eigenvalue weighted by atomic mass is 32.2. The van der Waals surface area contributed by atoms with Crippen molar-refractivity contribution in [2.24, 2.45) is 0 Å². The third-order valence-corrected chi connectivity index (χ3v) is 12.3. The molecular formula is C27H38N2O3SSi. The van der Waals surface area contributed by atoms with Crippen molar-refractivity contribution in [3.8, 4) is 0 Å². The topological polar surface area (TPSA) is 64.2 Å². The fourth-order valence-electron chi connectivity index (χ4n) is 3.56. The first-order valence-corrected chi connectivity index (χ1v) is 15.9. The quantitative estimate of drug-likeness (QED) is 0.181. The summed E-state index contributed by atoms with van der Waals surface area (Å²) >= 11 is 1.79. The molecule has 3 rings (SSSR count). The minimum atomic E-state index is -2.02. The number of rotatable bonds is 10. The lowest BCUT2D eigenvalue weighted by Gasteiger charge is -2.40. The summed E-state index contributed by atoms with van der Waals surface area (Å²) in [4.78, 5) is 21.5. The van der Waals surface area contributed by atoms with E-state index in [1.54, 1.807) is 18.0 Å². The van der Waals surface area contributed by atoms with Crippen LogP contribution in [0.15, 0.2) is 53.6 Å². The maximum atomic E-state index is 12.9. The van der Waals surface area contributed by atoms with Crippen molar-refractivity contribution in [1.29, 1.82) is 0 Å². The lowest BCUT2D eigenvalue weighted by molar-refractivity contribution is -0.00945. The smallest absolute Gasteiger partial charge is 0.358 e.